The van der Waals surface area contributed by atoms with E-state index in [1.165, 1.54) is 17.0 Å². The van der Waals surface area contributed by atoms with Gasteiger partial charge in [-0.25, -0.2) is 4.39 Å². The van der Waals surface area contributed by atoms with Gasteiger partial charge in [-0.3, -0.25) is 9.48 Å². The number of hydrogen-bond acceptors (Lipinski definition) is 4. The van der Waals surface area contributed by atoms with Crippen LogP contribution >= 0.6 is 15.9 Å². The highest BCUT2D eigenvalue weighted by atomic mass is 79.9. The van der Waals surface area contributed by atoms with Gasteiger partial charge in [-0.05, 0) is 40.2 Å². The van der Waals surface area contributed by atoms with Crippen LogP contribution in [0.15, 0.2) is 45.5 Å². The number of aromatic nitrogens is 3. The maximum Gasteiger partial charge on any atom is 0.276 e. The standard InChI is InChI=1S/C16H14BrFN4O2/c1-21(9-14-12(17)8-19-22(14)2)16(23)13-7-15(24-20-13)10-3-5-11(18)6-4-10/h3-8H,9H2,1-2H3. The first-order chi connectivity index (χ1) is 11.5. The van der Waals surface area contributed by atoms with Crippen molar-refractivity contribution in [3.8, 4) is 11.3 Å². The summed E-state index contributed by atoms with van der Waals surface area (Å²) in [5.74, 6) is -0.204. The molecule has 0 N–H and O–H groups in total. The Morgan fingerprint density at radius 2 is 2.08 bits per heavy atom. The normalized spacial score (nSPS) is 10.8. The molecule has 2 heterocycles. The Kier molecular flexibility index (Phi) is 4.48. The molecule has 3 rings (SSSR count). The number of benzene rings is 1. The highest BCUT2D eigenvalue weighted by Crippen LogP contribution is 2.22. The van der Waals surface area contributed by atoms with Gasteiger partial charge in [-0.1, -0.05) is 5.16 Å². The van der Waals surface area contributed by atoms with Crippen molar-refractivity contribution in [1.82, 2.24) is 19.8 Å². The van der Waals surface area contributed by atoms with Crippen molar-refractivity contribution in [3.05, 3.63) is 58.2 Å². The molecule has 0 radical (unpaired) electrons. The van der Waals surface area contributed by atoms with Gasteiger partial charge in [0.15, 0.2) is 11.5 Å². The van der Waals surface area contributed by atoms with E-state index in [0.717, 1.165) is 10.2 Å². The number of carbonyl (C=O) groups is 1. The van der Waals surface area contributed by atoms with Crippen molar-refractivity contribution in [2.45, 2.75) is 6.54 Å². The molecule has 0 saturated carbocycles. The fourth-order valence-electron chi connectivity index (χ4n) is 2.23. The van der Waals surface area contributed by atoms with Crippen LogP contribution in [0.2, 0.25) is 0 Å². The molecule has 124 valence electrons. The van der Waals surface area contributed by atoms with Gasteiger partial charge in [0.2, 0.25) is 0 Å². The Labute approximate surface area is 146 Å². The minimum atomic E-state index is -0.337. The highest BCUT2D eigenvalue weighted by molar-refractivity contribution is 9.10. The third kappa shape index (κ3) is 3.23. The fourth-order valence-corrected chi connectivity index (χ4v) is 2.71. The first kappa shape index (κ1) is 16.4. The van der Waals surface area contributed by atoms with Gasteiger partial charge in [-0.15, -0.1) is 0 Å². The highest BCUT2D eigenvalue weighted by Gasteiger charge is 2.20. The van der Waals surface area contributed by atoms with Gasteiger partial charge in [0.1, 0.15) is 5.82 Å². The summed E-state index contributed by atoms with van der Waals surface area (Å²) in [7, 11) is 3.48. The molecule has 8 heteroatoms. The second kappa shape index (κ2) is 6.56. The van der Waals surface area contributed by atoms with Crippen LogP contribution in [0.1, 0.15) is 16.2 Å². The Hall–Kier alpha value is -2.48. The summed E-state index contributed by atoms with van der Waals surface area (Å²) in [6.45, 7) is 0.370. The van der Waals surface area contributed by atoms with Crippen LogP contribution < -0.4 is 0 Å². The van der Waals surface area contributed by atoms with Crippen molar-refractivity contribution in [1.29, 1.82) is 0 Å². The molecular formula is C16H14BrFN4O2. The summed E-state index contributed by atoms with van der Waals surface area (Å²) < 4.78 is 20.7. The minimum Gasteiger partial charge on any atom is -0.355 e. The van der Waals surface area contributed by atoms with Crippen molar-refractivity contribution in [2.75, 3.05) is 7.05 Å². The molecule has 0 aliphatic rings. The van der Waals surface area contributed by atoms with Gasteiger partial charge in [0, 0.05) is 25.7 Å². The van der Waals surface area contributed by atoms with E-state index in [9.17, 15) is 9.18 Å². The molecule has 1 aromatic carbocycles. The SMILES string of the molecule is CN(Cc1c(Br)cnn1C)C(=O)c1cc(-c2ccc(F)cc2)on1. The van der Waals surface area contributed by atoms with Gasteiger partial charge in [0.05, 0.1) is 22.9 Å². The Morgan fingerprint density at radius 3 is 2.71 bits per heavy atom. The lowest BCUT2D eigenvalue weighted by Gasteiger charge is -2.15. The van der Waals surface area contributed by atoms with E-state index in [4.69, 9.17) is 4.52 Å². The molecule has 6 nitrogen and oxygen atoms in total. The first-order valence-corrected chi connectivity index (χ1v) is 7.89. The van der Waals surface area contributed by atoms with Gasteiger partial charge >= 0.3 is 0 Å². The smallest absolute Gasteiger partial charge is 0.276 e. The molecule has 2 aromatic heterocycles. The zero-order chi connectivity index (χ0) is 17.3. The average Bonchev–Trinajstić information content (AvgIpc) is 3.17. The molecule has 0 atom stereocenters. The predicted molar refractivity (Wildman–Crippen MR) is 88.6 cm³/mol. The monoisotopic (exact) mass is 392 g/mol. The molecule has 0 saturated heterocycles. The largest absolute Gasteiger partial charge is 0.355 e. The minimum absolute atomic E-state index is 0.190. The van der Waals surface area contributed by atoms with E-state index in [0.29, 0.717) is 17.9 Å². The lowest BCUT2D eigenvalue weighted by Crippen LogP contribution is -2.27. The number of nitrogens with zero attached hydrogens (tertiary/aromatic N) is 4. The van der Waals surface area contributed by atoms with Crippen LogP contribution in [0.25, 0.3) is 11.3 Å². The lowest BCUT2D eigenvalue weighted by molar-refractivity contribution is 0.0771. The number of rotatable bonds is 4. The number of halogens is 2. The van der Waals surface area contributed by atoms with E-state index in [1.54, 1.807) is 43.2 Å². The second-order valence-corrected chi connectivity index (χ2v) is 6.16. The third-order valence-corrected chi connectivity index (χ3v) is 4.26. The summed E-state index contributed by atoms with van der Waals surface area (Å²) in [6, 6.07) is 7.34. The average molecular weight is 393 g/mol. The van der Waals surface area contributed by atoms with Gasteiger partial charge < -0.3 is 9.42 Å². The summed E-state index contributed by atoms with van der Waals surface area (Å²) in [6.07, 6.45) is 1.68. The summed E-state index contributed by atoms with van der Waals surface area (Å²) >= 11 is 3.41. The first-order valence-electron chi connectivity index (χ1n) is 7.10. The van der Waals surface area contributed by atoms with Crippen LogP contribution in [-0.2, 0) is 13.6 Å². The molecule has 3 aromatic rings. The quantitative estimate of drug-likeness (QED) is 0.683. The molecule has 0 fully saturated rings. The van der Waals surface area contributed by atoms with E-state index in [2.05, 4.69) is 26.2 Å². The molecular weight excluding hydrogens is 379 g/mol. The number of amides is 1. The maximum atomic E-state index is 13.0. The van der Waals surface area contributed by atoms with Crippen molar-refractivity contribution in [3.63, 3.8) is 0 Å². The summed E-state index contributed by atoms with van der Waals surface area (Å²) in [5.41, 5.74) is 1.71. The molecule has 0 spiro atoms. The van der Waals surface area contributed by atoms with E-state index in [-0.39, 0.29) is 17.4 Å². The van der Waals surface area contributed by atoms with Crippen LogP contribution in [0.5, 0.6) is 0 Å². The maximum absolute atomic E-state index is 13.0. The Balaban J connectivity index is 1.77. The molecule has 0 bridgehead atoms. The van der Waals surface area contributed by atoms with Crippen molar-refractivity contribution < 1.29 is 13.7 Å². The molecule has 24 heavy (non-hydrogen) atoms. The zero-order valence-electron chi connectivity index (χ0n) is 13.0. The Morgan fingerprint density at radius 1 is 1.38 bits per heavy atom. The summed E-state index contributed by atoms with van der Waals surface area (Å²) in [5, 5.41) is 7.94. The van der Waals surface area contributed by atoms with Gasteiger partial charge in [0.25, 0.3) is 5.91 Å². The van der Waals surface area contributed by atoms with Crippen molar-refractivity contribution in [2.24, 2.45) is 7.05 Å². The third-order valence-electron chi connectivity index (χ3n) is 3.60. The van der Waals surface area contributed by atoms with Crippen LogP contribution in [0, 0.1) is 5.82 Å². The Bertz CT molecular complexity index is 853. The second-order valence-electron chi connectivity index (χ2n) is 5.31. The van der Waals surface area contributed by atoms with E-state index in [1.807, 2.05) is 0 Å². The fraction of sp³-hybridized carbons (Fsp3) is 0.188. The summed E-state index contributed by atoms with van der Waals surface area (Å²) in [4.78, 5) is 14.0. The molecule has 1 amide bonds. The van der Waals surface area contributed by atoms with Crippen LogP contribution in [0.4, 0.5) is 4.39 Å². The van der Waals surface area contributed by atoms with Crippen LogP contribution in [-0.4, -0.2) is 32.8 Å². The number of hydrogen-bond donors (Lipinski definition) is 0. The number of carbonyl (C=O) groups excluding carboxylic acids is 1. The zero-order valence-corrected chi connectivity index (χ0v) is 14.6. The number of aryl methyl sites for hydroxylation is 1. The molecule has 0 unspecified atom stereocenters. The molecule has 0 aliphatic carbocycles. The van der Waals surface area contributed by atoms with E-state index < -0.39 is 0 Å². The predicted octanol–water partition coefficient (Wildman–Crippen LogP) is 3.25. The molecule has 0 aliphatic heterocycles. The van der Waals surface area contributed by atoms with Gasteiger partial charge in [-0.2, -0.15) is 5.10 Å². The van der Waals surface area contributed by atoms with Crippen LogP contribution in [0.3, 0.4) is 0 Å². The topological polar surface area (TPSA) is 64.2 Å². The lowest BCUT2D eigenvalue weighted by atomic mass is 10.1. The van der Waals surface area contributed by atoms with Crippen molar-refractivity contribution >= 4 is 21.8 Å². The van der Waals surface area contributed by atoms with E-state index >= 15 is 0 Å².